The summed E-state index contributed by atoms with van der Waals surface area (Å²) in [6, 6.07) is 1.17. The summed E-state index contributed by atoms with van der Waals surface area (Å²) >= 11 is 0. The van der Waals surface area contributed by atoms with Crippen LogP contribution in [0.2, 0.25) is 25.7 Å². The molecule has 0 saturated carbocycles. The fourth-order valence-electron chi connectivity index (χ4n) is 0.506. The van der Waals surface area contributed by atoms with Crippen LogP contribution < -0.4 is 5.32 Å². The normalized spacial score (nSPS) is 11.0. The molecule has 9 heavy (non-hydrogen) atoms. The van der Waals surface area contributed by atoms with Crippen LogP contribution in [0.3, 0.4) is 0 Å². The van der Waals surface area contributed by atoms with Crippen LogP contribution in [0.4, 0.5) is 0 Å². The summed E-state index contributed by atoms with van der Waals surface area (Å²) in [4.78, 5) is 9.80. The number of rotatable bonds is 4. The van der Waals surface area contributed by atoms with Gasteiger partial charge in [0.05, 0.1) is 0 Å². The lowest BCUT2D eigenvalue weighted by Gasteiger charge is -2.13. The van der Waals surface area contributed by atoms with E-state index >= 15 is 0 Å². The molecule has 1 N–H and O–H groups in total. The van der Waals surface area contributed by atoms with Gasteiger partial charge in [0.2, 0.25) is 6.41 Å². The summed E-state index contributed by atoms with van der Waals surface area (Å²) in [5.74, 6) is 0. The first-order valence-electron chi connectivity index (χ1n) is 3.23. The zero-order valence-electron chi connectivity index (χ0n) is 6.40. The Morgan fingerprint density at radius 3 is 2.33 bits per heavy atom. The molecule has 0 heterocycles. The second-order valence-electron chi connectivity index (χ2n) is 3.38. The number of hydrogen-bond acceptors (Lipinski definition) is 1. The molecule has 0 aliphatic rings. The highest BCUT2D eigenvalue weighted by atomic mass is 28.3. The van der Waals surface area contributed by atoms with Gasteiger partial charge in [-0.1, -0.05) is 19.6 Å². The van der Waals surface area contributed by atoms with E-state index in [1.807, 2.05) is 0 Å². The zero-order chi connectivity index (χ0) is 7.33. The molecule has 1 amide bonds. The molecule has 0 fully saturated rings. The second kappa shape index (κ2) is 3.66. The Hall–Kier alpha value is -0.313. The standard InChI is InChI=1S/C6H15NOSi/c1-9(2,3)5-4-7-6-8/h6H,4-5H2,1-3H3,(H,7,8). The molecule has 2 nitrogen and oxygen atoms in total. The van der Waals surface area contributed by atoms with Crippen LogP contribution in [0.5, 0.6) is 0 Å². The highest BCUT2D eigenvalue weighted by molar-refractivity contribution is 6.76. The second-order valence-corrected chi connectivity index (χ2v) is 9.00. The number of hydrogen-bond donors (Lipinski definition) is 1. The van der Waals surface area contributed by atoms with E-state index in [-0.39, 0.29) is 0 Å². The molecule has 3 heteroatoms. The Kier molecular flexibility index (Phi) is 3.54. The molecule has 0 aromatic rings. The van der Waals surface area contributed by atoms with Gasteiger partial charge in [0.1, 0.15) is 0 Å². The summed E-state index contributed by atoms with van der Waals surface area (Å²) in [5, 5.41) is 2.66. The Morgan fingerprint density at radius 1 is 1.44 bits per heavy atom. The average Bonchev–Trinajstić information content (AvgIpc) is 1.63. The van der Waals surface area contributed by atoms with Crippen molar-refractivity contribution in [3.05, 3.63) is 0 Å². The van der Waals surface area contributed by atoms with Gasteiger partial charge in [0, 0.05) is 14.6 Å². The maximum atomic E-state index is 9.80. The third-order valence-electron chi connectivity index (χ3n) is 1.10. The van der Waals surface area contributed by atoms with E-state index in [2.05, 4.69) is 25.0 Å². The number of nitrogens with one attached hydrogen (secondary N) is 1. The Morgan fingerprint density at radius 2 is 2.00 bits per heavy atom. The van der Waals surface area contributed by atoms with Crippen molar-refractivity contribution < 1.29 is 4.79 Å². The van der Waals surface area contributed by atoms with Crippen LogP contribution in [0.15, 0.2) is 0 Å². The van der Waals surface area contributed by atoms with Crippen molar-refractivity contribution in [2.75, 3.05) is 6.54 Å². The molecule has 54 valence electrons. The highest BCUT2D eigenvalue weighted by Crippen LogP contribution is 2.05. The molecule has 0 aliphatic carbocycles. The van der Waals surface area contributed by atoms with Crippen LogP contribution in [-0.4, -0.2) is 21.0 Å². The van der Waals surface area contributed by atoms with E-state index in [1.54, 1.807) is 0 Å². The topological polar surface area (TPSA) is 29.1 Å². The largest absolute Gasteiger partial charge is 0.359 e. The molecule has 0 rings (SSSR count). The van der Waals surface area contributed by atoms with E-state index in [9.17, 15) is 4.79 Å². The first-order valence-corrected chi connectivity index (χ1v) is 6.94. The van der Waals surface area contributed by atoms with Gasteiger partial charge < -0.3 is 5.32 Å². The Bertz CT molecular complexity index is 87.5. The van der Waals surface area contributed by atoms with Crippen LogP contribution in [-0.2, 0) is 4.79 Å². The van der Waals surface area contributed by atoms with Crippen molar-refractivity contribution in [1.82, 2.24) is 5.32 Å². The first-order chi connectivity index (χ1) is 4.06. The molecule has 0 unspecified atom stereocenters. The van der Waals surface area contributed by atoms with Gasteiger partial charge in [-0.15, -0.1) is 0 Å². The first kappa shape index (κ1) is 8.69. The maximum Gasteiger partial charge on any atom is 0.207 e. The van der Waals surface area contributed by atoms with Gasteiger partial charge >= 0.3 is 0 Å². The predicted octanol–water partition coefficient (Wildman–Crippen LogP) is 1.07. The van der Waals surface area contributed by atoms with Crippen molar-refractivity contribution in [3.63, 3.8) is 0 Å². The monoisotopic (exact) mass is 145 g/mol. The van der Waals surface area contributed by atoms with Gasteiger partial charge in [-0.2, -0.15) is 0 Å². The molecule has 0 spiro atoms. The van der Waals surface area contributed by atoms with Crippen LogP contribution in [0.1, 0.15) is 0 Å². The van der Waals surface area contributed by atoms with E-state index in [0.717, 1.165) is 13.0 Å². The molecule has 0 aromatic heterocycles. The van der Waals surface area contributed by atoms with E-state index < -0.39 is 8.07 Å². The molecule has 0 aromatic carbocycles. The van der Waals surface area contributed by atoms with Gasteiger partial charge in [-0.3, -0.25) is 4.79 Å². The smallest absolute Gasteiger partial charge is 0.207 e. The van der Waals surface area contributed by atoms with Crippen LogP contribution in [0.25, 0.3) is 0 Å². The molecular formula is C6H15NOSi. The quantitative estimate of drug-likeness (QED) is 0.358. The lowest BCUT2D eigenvalue weighted by Crippen LogP contribution is -2.26. The van der Waals surface area contributed by atoms with Gasteiger partial charge in [-0.25, -0.2) is 0 Å². The van der Waals surface area contributed by atoms with Crippen molar-refractivity contribution >= 4 is 14.5 Å². The van der Waals surface area contributed by atoms with Crippen LogP contribution in [0, 0.1) is 0 Å². The third-order valence-corrected chi connectivity index (χ3v) is 2.85. The fraction of sp³-hybridized carbons (Fsp3) is 0.833. The Labute approximate surface area is 57.7 Å². The predicted molar refractivity (Wildman–Crippen MR) is 42.2 cm³/mol. The maximum absolute atomic E-state index is 9.80. The molecule has 0 atom stereocenters. The van der Waals surface area contributed by atoms with Crippen molar-refractivity contribution in [2.45, 2.75) is 25.7 Å². The summed E-state index contributed by atoms with van der Waals surface area (Å²) in [7, 11) is -0.916. The number of carbonyl (C=O) groups excluding carboxylic acids is 1. The minimum absolute atomic E-state index is 0.764. The molecule has 0 saturated heterocycles. The van der Waals surface area contributed by atoms with Crippen molar-refractivity contribution in [3.8, 4) is 0 Å². The zero-order valence-corrected chi connectivity index (χ0v) is 7.40. The molecular weight excluding hydrogens is 130 g/mol. The highest BCUT2D eigenvalue weighted by Gasteiger charge is 2.10. The van der Waals surface area contributed by atoms with Crippen LogP contribution >= 0.6 is 0 Å². The van der Waals surface area contributed by atoms with Crippen molar-refractivity contribution in [2.24, 2.45) is 0 Å². The summed E-state index contributed by atoms with van der Waals surface area (Å²) in [6.07, 6.45) is 0.764. The summed E-state index contributed by atoms with van der Waals surface area (Å²) < 4.78 is 0. The molecule has 0 bridgehead atoms. The lowest BCUT2D eigenvalue weighted by molar-refractivity contribution is -0.109. The lowest BCUT2D eigenvalue weighted by atomic mass is 10.8. The van der Waals surface area contributed by atoms with Gasteiger partial charge in [0.15, 0.2) is 0 Å². The van der Waals surface area contributed by atoms with Crippen molar-refractivity contribution in [1.29, 1.82) is 0 Å². The SMILES string of the molecule is C[Si](C)(C)CCNC=O. The summed E-state index contributed by atoms with van der Waals surface area (Å²) in [6.45, 7) is 7.72. The molecule has 0 aliphatic heterocycles. The van der Waals surface area contributed by atoms with E-state index in [1.165, 1.54) is 6.04 Å². The summed E-state index contributed by atoms with van der Waals surface area (Å²) in [5.41, 5.74) is 0. The van der Waals surface area contributed by atoms with E-state index in [0.29, 0.717) is 0 Å². The minimum Gasteiger partial charge on any atom is -0.359 e. The Balaban J connectivity index is 3.17. The van der Waals surface area contributed by atoms with E-state index in [4.69, 9.17) is 0 Å². The number of amides is 1. The number of carbonyl (C=O) groups is 1. The van der Waals surface area contributed by atoms with Gasteiger partial charge in [-0.05, 0) is 6.04 Å². The average molecular weight is 145 g/mol. The molecule has 0 radical (unpaired) electrons. The minimum atomic E-state index is -0.916. The van der Waals surface area contributed by atoms with Gasteiger partial charge in [0.25, 0.3) is 0 Å². The third kappa shape index (κ3) is 7.69. The fourth-order valence-corrected chi connectivity index (χ4v) is 1.40.